The monoisotopic (exact) mass is 251 g/mol. The van der Waals surface area contributed by atoms with Gasteiger partial charge in [0.05, 0.1) is 11.7 Å². The van der Waals surface area contributed by atoms with E-state index >= 15 is 0 Å². The summed E-state index contributed by atoms with van der Waals surface area (Å²) >= 11 is 0. The molecule has 0 aromatic heterocycles. The third-order valence-corrected chi connectivity index (χ3v) is 5.46. The van der Waals surface area contributed by atoms with Crippen molar-refractivity contribution in [3.05, 3.63) is 0 Å². The second-order valence-electron chi connectivity index (χ2n) is 7.05. The van der Waals surface area contributed by atoms with Crippen LogP contribution in [0.25, 0.3) is 0 Å². The van der Waals surface area contributed by atoms with Gasteiger partial charge >= 0.3 is 0 Å². The quantitative estimate of drug-likeness (QED) is 0.778. The summed E-state index contributed by atoms with van der Waals surface area (Å²) in [6.45, 7) is 4.63. The molecule has 18 heavy (non-hydrogen) atoms. The second-order valence-corrected chi connectivity index (χ2v) is 7.05. The summed E-state index contributed by atoms with van der Waals surface area (Å²) in [5.74, 6) is 0. The Bertz CT molecular complexity index is 279. The van der Waals surface area contributed by atoms with Crippen molar-refractivity contribution in [2.45, 2.75) is 82.8 Å². The van der Waals surface area contributed by atoms with E-state index in [4.69, 9.17) is 4.74 Å². The Balaban J connectivity index is 1.37. The smallest absolute Gasteiger partial charge is 0.0708 e. The number of hydrogen-bond donors (Lipinski definition) is 1. The zero-order chi connectivity index (χ0) is 12.5. The van der Waals surface area contributed by atoms with Crippen LogP contribution in [0.1, 0.15) is 71.1 Å². The average molecular weight is 251 g/mol. The fraction of sp³-hybridized carbons (Fsp3) is 1.00. The van der Waals surface area contributed by atoms with E-state index in [2.05, 4.69) is 12.2 Å². The molecule has 1 atom stereocenters. The largest absolute Gasteiger partial charge is 0.370 e. The molecule has 1 heterocycles. The van der Waals surface area contributed by atoms with Gasteiger partial charge in [0.25, 0.3) is 0 Å². The van der Waals surface area contributed by atoms with Gasteiger partial charge in [-0.1, -0.05) is 26.2 Å². The molecule has 1 unspecified atom stereocenters. The molecule has 0 aromatic carbocycles. The van der Waals surface area contributed by atoms with Crippen molar-refractivity contribution in [3.63, 3.8) is 0 Å². The SMILES string of the molecule is CCCC1(CNCC2CCC3(CCCC3)O2)CC1. The molecule has 0 amide bonds. The lowest BCUT2D eigenvalue weighted by Gasteiger charge is -2.24. The summed E-state index contributed by atoms with van der Waals surface area (Å²) < 4.78 is 6.34. The third-order valence-electron chi connectivity index (χ3n) is 5.46. The summed E-state index contributed by atoms with van der Waals surface area (Å²) in [6.07, 6.45) is 14.2. The Hall–Kier alpha value is -0.0800. The lowest BCUT2D eigenvalue weighted by molar-refractivity contribution is -0.0353. The molecule has 2 heteroatoms. The van der Waals surface area contributed by atoms with Gasteiger partial charge in [0, 0.05) is 13.1 Å². The minimum atomic E-state index is 0.313. The van der Waals surface area contributed by atoms with Crippen LogP contribution in [-0.2, 0) is 4.74 Å². The fourth-order valence-corrected chi connectivity index (χ4v) is 4.15. The molecule has 1 N–H and O–H groups in total. The minimum absolute atomic E-state index is 0.313. The van der Waals surface area contributed by atoms with Crippen LogP contribution >= 0.6 is 0 Å². The average Bonchev–Trinajstić information content (AvgIpc) is 2.83. The van der Waals surface area contributed by atoms with E-state index < -0.39 is 0 Å². The maximum Gasteiger partial charge on any atom is 0.0708 e. The van der Waals surface area contributed by atoms with Crippen molar-refractivity contribution < 1.29 is 4.74 Å². The highest BCUT2D eigenvalue weighted by Gasteiger charge is 2.43. The van der Waals surface area contributed by atoms with Crippen molar-refractivity contribution in [2.75, 3.05) is 13.1 Å². The highest BCUT2D eigenvalue weighted by Crippen LogP contribution is 2.49. The third kappa shape index (κ3) is 2.75. The zero-order valence-corrected chi connectivity index (χ0v) is 12.0. The van der Waals surface area contributed by atoms with Gasteiger partial charge in [-0.3, -0.25) is 0 Å². The minimum Gasteiger partial charge on any atom is -0.370 e. The van der Waals surface area contributed by atoms with Gasteiger partial charge in [0.2, 0.25) is 0 Å². The van der Waals surface area contributed by atoms with Crippen LogP contribution in [0.3, 0.4) is 0 Å². The van der Waals surface area contributed by atoms with Crippen molar-refractivity contribution in [1.82, 2.24) is 5.32 Å². The molecule has 1 aliphatic heterocycles. The first-order chi connectivity index (χ1) is 8.76. The van der Waals surface area contributed by atoms with Crippen LogP contribution in [0.4, 0.5) is 0 Å². The number of ether oxygens (including phenoxy) is 1. The number of hydrogen-bond acceptors (Lipinski definition) is 2. The Morgan fingerprint density at radius 1 is 1.11 bits per heavy atom. The van der Waals surface area contributed by atoms with E-state index in [0.29, 0.717) is 17.1 Å². The van der Waals surface area contributed by atoms with Gasteiger partial charge in [0.1, 0.15) is 0 Å². The summed E-state index contributed by atoms with van der Waals surface area (Å²) in [7, 11) is 0. The van der Waals surface area contributed by atoms with Crippen LogP contribution in [0.2, 0.25) is 0 Å². The van der Waals surface area contributed by atoms with E-state index in [1.54, 1.807) is 0 Å². The summed E-state index contributed by atoms with van der Waals surface area (Å²) in [6, 6.07) is 0. The Labute approximate surface area is 112 Å². The Morgan fingerprint density at radius 3 is 2.56 bits per heavy atom. The van der Waals surface area contributed by atoms with Gasteiger partial charge in [-0.15, -0.1) is 0 Å². The molecule has 0 radical (unpaired) electrons. The van der Waals surface area contributed by atoms with Gasteiger partial charge in [-0.2, -0.15) is 0 Å². The van der Waals surface area contributed by atoms with Crippen LogP contribution in [-0.4, -0.2) is 24.8 Å². The lowest BCUT2D eigenvalue weighted by atomic mass is 9.98. The Morgan fingerprint density at radius 2 is 1.89 bits per heavy atom. The van der Waals surface area contributed by atoms with Crippen LogP contribution in [0, 0.1) is 5.41 Å². The van der Waals surface area contributed by atoms with Gasteiger partial charge in [0.15, 0.2) is 0 Å². The molecule has 104 valence electrons. The van der Waals surface area contributed by atoms with Crippen LogP contribution in [0.15, 0.2) is 0 Å². The topological polar surface area (TPSA) is 21.3 Å². The first-order valence-corrected chi connectivity index (χ1v) is 8.15. The van der Waals surface area contributed by atoms with Crippen LogP contribution in [0.5, 0.6) is 0 Å². The molecule has 0 bridgehead atoms. The summed E-state index contributed by atoms with van der Waals surface area (Å²) in [4.78, 5) is 0. The lowest BCUT2D eigenvalue weighted by Crippen LogP contribution is -2.34. The molecule has 1 spiro atoms. The molecule has 3 aliphatic rings. The highest BCUT2D eigenvalue weighted by molar-refractivity contribution is 4.96. The standard InChI is InChI=1S/C16H29NO/c1-2-6-15(10-11-15)13-17-12-14-5-9-16(18-14)7-3-4-8-16/h14,17H,2-13H2,1H3. The zero-order valence-electron chi connectivity index (χ0n) is 12.0. The first-order valence-electron chi connectivity index (χ1n) is 8.15. The molecule has 3 rings (SSSR count). The van der Waals surface area contributed by atoms with Gasteiger partial charge < -0.3 is 10.1 Å². The van der Waals surface area contributed by atoms with Crippen molar-refractivity contribution >= 4 is 0 Å². The van der Waals surface area contributed by atoms with E-state index in [1.165, 1.54) is 70.8 Å². The van der Waals surface area contributed by atoms with Crippen molar-refractivity contribution in [2.24, 2.45) is 5.41 Å². The Kier molecular flexibility index (Phi) is 3.68. The fourth-order valence-electron chi connectivity index (χ4n) is 4.15. The molecule has 1 saturated heterocycles. The molecule has 2 nitrogen and oxygen atoms in total. The number of rotatable bonds is 6. The number of nitrogens with one attached hydrogen (secondary N) is 1. The summed E-state index contributed by atoms with van der Waals surface area (Å²) in [5, 5.41) is 3.70. The van der Waals surface area contributed by atoms with E-state index in [1.807, 2.05) is 0 Å². The maximum absolute atomic E-state index is 6.34. The molecule has 2 saturated carbocycles. The normalized spacial score (nSPS) is 32.2. The van der Waals surface area contributed by atoms with E-state index in [-0.39, 0.29) is 0 Å². The van der Waals surface area contributed by atoms with Crippen molar-refractivity contribution in [3.8, 4) is 0 Å². The second kappa shape index (κ2) is 5.13. The first kappa shape index (κ1) is 12.9. The van der Waals surface area contributed by atoms with Crippen LogP contribution < -0.4 is 5.32 Å². The van der Waals surface area contributed by atoms with Crippen molar-refractivity contribution in [1.29, 1.82) is 0 Å². The maximum atomic E-state index is 6.34. The van der Waals surface area contributed by atoms with E-state index in [0.717, 1.165) is 6.54 Å². The highest BCUT2D eigenvalue weighted by atomic mass is 16.5. The predicted octanol–water partition coefficient (Wildman–Crippen LogP) is 3.65. The van der Waals surface area contributed by atoms with Gasteiger partial charge in [-0.05, 0) is 50.4 Å². The molecular formula is C16H29NO. The van der Waals surface area contributed by atoms with Gasteiger partial charge in [-0.25, -0.2) is 0 Å². The molecule has 3 fully saturated rings. The summed E-state index contributed by atoms with van der Waals surface area (Å²) in [5.41, 5.74) is 0.992. The molecule has 2 aliphatic carbocycles. The molecule has 0 aromatic rings. The molecular weight excluding hydrogens is 222 g/mol. The predicted molar refractivity (Wildman–Crippen MR) is 74.8 cm³/mol. The van der Waals surface area contributed by atoms with E-state index in [9.17, 15) is 0 Å².